The maximum Gasteiger partial charge on any atom is 0.416 e. The summed E-state index contributed by atoms with van der Waals surface area (Å²) < 4.78 is 38.1. The summed E-state index contributed by atoms with van der Waals surface area (Å²) >= 11 is 0. The SMILES string of the molecule is CC[C@@H](C(=O)NCc1cccc(C(F)(F)F)c1)c1ccccc1. The first-order chi connectivity index (χ1) is 10.9. The third-order valence-corrected chi connectivity index (χ3v) is 3.65. The summed E-state index contributed by atoms with van der Waals surface area (Å²) in [5.41, 5.74) is 0.618. The van der Waals surface area contributed by atoms with Gasteiger partial charge < -0.3 is 5.32 Å². The molecule has 23 heavy (non-hydrogen) atoms. The minimum Gasteiger partial charge on any atom is -0.351 e. The highest BCUT2D eigenvalue weighted by atomic mass is 19.4. The van der Waals surface area contributed by atoms with Gasteiger partial charge in [0.05, 0.1) is 11.5 Å². The molecule has 0 unspecified atom stereocenters. The molecule has 0 bridgehead atoms. The second-order valence-electron chi connectivity index (χ2n) is 5.29. The second kappa shape index (κ2) is 7.31. The fourth-order valence-electron chi connectivity index (χ4n) is 2.43. The van der Waals surface area contributed by atoms with E-state index in [1.807, 2.05) is 37.3 Å². The lowest BCUT2D eigenvalue weighted by atomic mass is 9.95. The van der Waals surface area contributed by atoms with Crippen LogP contribution in [0.15, 0.2) is 54.6 Å². The van der Waals surface area contributed by atoms with Crippen LogP contribution < -0.4 is 5.32 Å². The van der Waals surface area contributed by atoms with E-state index >= 15 is 0 Å². The first-order valence-electron chi connectivity index (χ1n) is 7.40. The number of carbonyl (C=O) groups is 1. The van der Waals surface area contributed by atoms with Gasteiger partial charge in [0, 0.05) is 6.54 Å². The lowest BCUT2D eigenvalue weighted by molar-refractivity contribution is -0.137. The Hall–Kier alpha value is -2.30. The molecule has 0 aliphatic rings. The van der Waals surface area contributed by atoms with Crippen LogP contribution in [0, 0.1) is 0 Å². The fraction of sp³-hybridized carbons (Fsp3) is 0.278. The number of nitrogens with one attached hydrogen (secondary N) is 1. The van der Waals surface area contributed by atoms with Gasteiger partial charge in [-0.1, -0.05) is 49.4 Å². The molecular weight excluding hydrogens is 303 g/mol. The highest BCUT2D eigenvalue weighted by molar-refractivity contribution is 5.83. The third-order valence-electron chi connectivity index (χ3n) is 3.65. The second-order valence-corrected chi connectivity index (χ2v) is 5.29. The van der Waals surface area contributed by atoms with Crippen LogP contribution in [-0.2, 0) is 17.5 Å². The fourth-order valence-corrected chi connectivity index (χ4v) is 2.43. The van der Waals surface area contributed by atoms with Crippen molar-refractivity contribution >= 4 is 5.91 Å². The summed E-state index contributed by atoms with van der Waals surface area (Å²) in [6.07, 6.45) is -3.76. The Labute approximate surface area is 133 Å². The number of carbonyl (C=O) groups excluding carboxylic acids is 1. The largest absolute Gasteiger partial charge is 0.416 e. The van der Waals surface area contributed by atoms with Gasteiger partial charge in [-0.25, -0.2) is 0 Å². The Morgan fingerprint density at radius 3 is 2.39 bits per heavy atom. The van der Waals surface area contributed by atoms with Crippen molar-refractivity contribution in [3.63, 3.8) is 0 Å². The molecule has 122 valence electrons. The summed E-state index contributed by atoms with van der Waals surface area (Å²) in [7, 11) is 0. The van der Waals surface area contributed by atoms with E-state index in [-0.39, 0.29) is 18.4 Å². The molecule has 0 aromatic heterocycles. The summed E-state index contributed by atoms with van der Waals surface area (Å²) in [5, 5.41) is 2.72. The van der Waals surface area contributed by atoms with Crippen LogP contribution in [0.2, 0.25) is 0 Å². The number of hydrogen-bond acceptors (Lipinski definition) is 1. The van der Waals surface area contributed by atoms with Crippen molar-refractivity contribution in [2.75, 3.05) is 0 Å². The van der Waals surface area contributed by atoms with Gasteiger partial charge in [0.2, 0.25) is 5.91 Å². The summed E-state index contributed by atoms with van der Waals surface area (Å²) in [5.74, 6) is -0.488. The average Bonchev–Trinajstić information content (AvgIpc) is 2.54. The van der Waals surface area contributed by atoms with E-state index in [1.54, 1.807) is 6.07 Å². The topological polar surface area (TPSA) is 29.1 Å². The van der Waals surface area contributed by atoms with E-state index in [2.05, 4.69) is 5.32 Å². The van der Waals surface area contributed by atoms with Crippen molar-refractivity contribution in [2.45, 2.75) is 32.0 Å². The normalized spacial score (nSPS) is 12.7. The molecule has 1 N–H and O–H groups in total. The van der Waals surface area contributed by atoms with E-state index < -0.39 is 11.7 Å². The molecule has 0 saturated heterocycles. The lowest BCUT2D eigenvalue weighted by Gasteiger charge is -2.16. The standard InChI is InChI=1S/C18H18F3NO/c1-2-16(14-8-4-3-5-9-14)17(23)22-12-13-7-6-10-15(11-13)18(19,20)21/h3-11,16H,2,12H2,1H3,(H,22,23)/t16-/m1/s1. The molecule has 0 heterocycles. The van der Waals surface area contributed by atoms with E-state index in [0.717, 1.165) is 17.7 Å². The van der Waals surface area contributed by atoms with Crippen LogP contribution in [-0.4, -0.2) is 5.91 Å². The quantitative estimate of drug-likeness (QED) is 0.862. The number of alkyl halides is 3. The molecular formula is C18H18F3NO. The minimum atomic E-state index is -4.38. The van der Waals surface area contributed by atoms with Crippen molar-refractivity contribution in [1.29, 1.82) is 0 Å². The van der Waals surface area contributed by atoms with Crippen LogP contribution in [0.1, 0.15) is 36.0 Å². The monoisotopic (exact) mass is 321 g/mol. The zero-order chi connectivity index (χ0) is 16.9. The molecule has 1 atom stereocenters. The van der Waals surface area contributed by atoms with Gasteiger partial charge in [-0.2, -0.15) is 13.2 Å². The highest BCUT2D eigenvalue weighted by Gasteiger charge is 2.30. The minimum absolute atomic E-state index is 0.0755. The van der Waals surface area contributed by atoms with Crippen LogP contribution >= 0.6 is 0 Å². The van der Waals surface area contributed by atoms with Gasteiger partial charge in [0.15, 0.2) is 0 Å². The first-order valence-corrected chi connectivity index (χ1v) is 7.40. The maximum absolute atomic E-state index is 12.7. The Balaban J connectivity index is 2.04. The van der Waals surface area contributed by atoms with Gasteiger partial charge in [-0.05, 0) is 29.7 Å². The highest BCUT2D eigenvalue weighted by Crippen LogP contribution is 2.29. The van der Waals surface area contributed by atoms with Crippen molar-refractivity contribution < 1.29 is 18.0 Å². The van der Waals surface area contributed by atoms with Gasteiger partial charge in [0.1, 0.15) is 0 Å². The molecule has 2 aromatic rings. The predicted octanol–water partition coefficient (Wildman–Crippen LogP) is 4.52. The molecule has 2 nitrogen and oxygen atoms in total. The number of halogens is 3. The Bertz CT molecular complexity index is 653. The number of rotatable bonds is 5. The number of benzene rings is 2. The van der Waals surface area contributed by atoms with Crippen molar-refractivity contribution in [3.8, 4) is 0 Å². The van der Waals surface area contributed by atoms with Crippen molar-refractivity contribution in [1.82, 2.24) is 5.32 Å². The number of amides is 1. The summed E-state index contributed by atoms with van der Waals surface area (Å²) in [6.45, 7) is 1.98. The van der Waals surface area contributed by atoms with Gasteiger partial charge in [0.25, 0.3) is 0 Å². The molecule has 0 saturated carbocycles. The predicted molar refractivity (Wildman–Crippen MR) is 82.8 cm³/mol. The smallest absolute Gasteiger partial charge is 0.351 e. The summed E-state index contributed by atoms with van der Waals surface area (Å²) in [6, 6.07) is 14.3. The molecule has 0 aliphatic carbocycles. The molecule has 0 aliphatic heterocycles. The zero-order valence-corrected chi connectivity index (χ0v) is 12.7. The number of hydrogen-bond donors (Lipinski definition) is 1. The Morgan fingerprint density at radius 1 is 1.09 bits per heavy atom. The molecule has 2 aromatic carbocycles. The summed E-state index contributed by atoms with van der Waals surface area (Å²) in [4.78, 5) is 12.3. The van der Waals surface area contributed by atoms with Crippen molar-refractivity contribution in [2.24, 2.45) is 0 Å². The Kier molecular flexibility index (Phi) is 5.42. The first kappa shape index (κ1) is 17.1. The van der Waals surface area contributed by atoms with E-state index in [9.17, 15) is 18.0 Å². The Morgan fingerprint density at radius 2 is 1.78 bits per heavy atom. The molecule has 2 rings (SSSR count). The third kappa shape index (κ3) is 4.58. The van der Waals surface area contributed by atoms with Crippen LogP contribution in [0.4, 0.5) is 13.2 Å². The molecule has 0 radical (unpaired) electrons. The van der Waals surface area contributed by atoms with Crippen LogP contribution in [0.3, 0.4) is 0 Å². The van der Waals surface area contributed by atoms with Gasteiger partial charge in [-0.15, -0.1) is 0 Å². The molecule has 0 spiro atoms. The van der Waals surface area contributed by atoms with E-state index in [1.165, 1.54) is 6.07 Å². The van der Waals surface area contributed by atoms with Gasteiger partial charge >= 0.3 is 6.18 Å². The molecule has 5 heteroatoms. The lowest BCUT2D eigenvalue weighted by Crippen LogP contribution is -2.28. The average molecular weight is 321 g/mol. The molecule has 1 amide bonds. The van der Waals surface area contributed by atoms with Gasteiger partial charge in [-0.3, -0.25) is 4.79 Å². The van der Waals surface area contributed by atoms with Crippen LogP contribution in [0.5, 0.6) is 0 Å². The van der Waals surface area contributed by atoms with E-state index in [4.69, 9.17) is 0 Å². The molecule has 0 fully saturated rings. The van der Waals surface area contributed by atoms with Crippen LogP contribution in [0.25, 0.3) is 0 Å². The maximum atomic E-state index is 12.7. The van der Waals surface area contributed by atoms with E-state index in [0.29, 0.717) is 12.0 Å². The van der Waals surface area contributed by atoms with Crippen molar-refractivity contribution in [3.05, 3.63) is 71.3 Å². The zero-order valence-electron chi connectivity index (χ0n) is 12.7.